The number of nitrogens with one attached hydrogen (secondary N) is 1. The fourth-order valence-electron chi connectivity index (χ4n) is 5.15. The summed E-state index contributed by atoms with van der Waals surface area (Å²) in [5.41, 5.74) is 2.79. The van der Waals surface area contributed by atoms with Gasteiger partial charge in [-0.2, -0.15) is 0 Å². The molecule has 102 valence electrons. The van der Waals surface area contributed by atoms with Gasteiger partial charge in [0.15, 0.2) is 0 Å². The van der Waals surface area contributed by atoms with Crippen molar-refractivity contribution in [1.82, 2.24) is 5.32 Å². The minimum Gasteiger partial charge on any atom is -0.313 e. The highest BCUT2D eigenvalue weighted by atomic mass is 15.0. The maximum absolute atomic E-state index is 3.93. The zero-order valence-corrected chi connectivity index (χ0v) is 12.4. The number of fused-ring (bicyclic) bond motifs is 2. The normalized spacial score (nSPS) is 41.4. The van der Waals surface area contributed by atoms with Gasteiger partial charge in [0.1, 0.15) is 0 Å². The van der Waals surface area contributed by atoms with Crippen LogP contribution < -0.4 is 5.32 Å². The Morgan fingerprint density at radius 2 is 2.17 bits per heavy atom. The number of hydrogen-bond acceptors (Lipinski definition) is 1. The first-order valence-corrected chi connectivity index (χ1v) is 7.94. The van der Waals surface area contributed by atoms with E-state index in [1.165, 1.54) is 51.5 Å². The molecule has 3 atom stereocenters. The predicted molar refractivity (Wildman–Crippen MR) is 77.6 cm³/mol. The molecule has 2 bridgehead atoms. The average Bonchev–Trinajstić information content (AvgIpc) is 2.96. The molecule has 3 aliphatic rings. The van der Waals surface area contributed by atoms with Crippen molar-refractivity contribution < 1.29 is 0 Å². The summed E-state index contributed by atoms with van der Waals surface area (Å²) in [6, 6.07) is 0.741. The van der Waals surface area contributed by atoms with E-state index in [0.29, 0.717) is 10.8 Å². The van der Waals surface area contributed by atoms with Gasteiger partial charge in [-0.25, -0.2) is 0 Å². The number of allylic oxidation sites excluding steroid dienone is 1. The Kier molecular flexibility index (Phi) is 3.09. The smallest absolute Gasteiger partial charge is 0.0175 e. The second kappa shape index (κ2) is 4.37. The van der Waals surface area contributed by atoms with E-state index in [-0.39, 0.29) is 0 Å². The number of hydrogen-bond donors (Lipinski definition) is 1. The van der Waals surface area contributed by atoms with Crippen LogP contribution >= 0.6 is 0 Å². The quantitative estimate of drug-likeness (QED) is 0.731. The molecule has 0 aromatic rings. The molecule has 18 heavy (non-hydrogen) atoms. The molecule has 1 N–H and O–H groups in total. The summed E-state index contributed by atoms with van der Waals surface area (Å²) in [5, 5.41) is 3.93. The molecular weight excluding hydrogens is 218 g/mol. The minimum absolute atomic E-state index is 0.511. The summed E-state index contributed by atoms with van der Waals surface area (Å²) < 4.78 is 0. The maximum Gasteiger partial charge on any atom is 0.0175 e. The molecule has 0 heterocycles. The fraction of sp³-hybridized carbons (Fsp3) is 0.882. The van der Waals surface area contributed by atoms with E-state index >= 15 is 0 Å². The number of rotatable bonds is 4. The third-order valence-corrected chi connectivity index (χ3v) is 6.20. The van der Waals surface area contributed by atoms with Crippen LogP contribution in [0.5, 0.6) is 0 Å². The molecule has 0 aromatic carbocycles. The van der Waals surface area contributed by atoms with E-state index in [1.807, 2.05) is 0 Å². The Hall–Kier alpha value is -0.300. The second-order valence-corrected chi connectivity index (χ2v) is 7.81. The van der Waals surface area contributed by atoms with Crippen LogP contribution in [0.2, 0.25) is 0 Å². The van der Waals surface area contributed by atoms with Crippen LogP contribution in [0.4, 0.5) is 0 Å². The van der Waals surface area contributed by atoms with Crippen molar-refractivity contribution in [2.45, 2.75) is 71.8 Å². The van der Waals surface area contributed by atoms with Gasteiger partial charge in [0.2, 0.25) is 0 Å². The summed E-state index contributed by atoms with van der Waals surface area (Å²) >= 11 is 0. The molecular formula is C17H29N. The van der Waals surface area contributed by atoms with E-state index < -0.39 is 0 Å². The van der Waals surface area contributed by atoms with E-state index in [1.54, 1.807) is 5.57 Å². The topological polar surface area (TPSA) is 12.0 Å². The Morgan fingerprint density at radius 1 is 1.33 bits per heavy atom. The van der Waals surface area contributed by atoms with E-state index in [9.17, 15) is 0 Å². The molecule has 1 heteroatoms. The summed E-state index contributed by atoms with van der Waals surface area (Å²) in [6.07, 6.45) is 12.2. The van der Waals surface area contributed by atoms with Gasteiger partial charge in [0, 0.05) is 6.04 Å². The van der Waals surface area contributed by atoms with Gasteiger partial charge in [-0.3, -0.25) is 0 Å². The van der Waals surface area contributed by atoms with Gasteiger partial charge >= 0.3 is 0 Å². The van der Waals surface area contributed by atoms with Crippen LogP contribution in [0.1, 0.15) is 65.7 Å². The maximum atomic E-state index is 3.93. The molecule has 1 nitrogen and oxygen atoms in total. The zero-order valence-electron chi connectivity index (χ0n) is 12.4. The van der Waals surface area contributed by atoms with Crippen LogP contribution in [0.15, 0.2) is 11.6 Å². The standard InChI is InChI=1S/C17H29N/c1-16(2)14-8-10-17(3,12-14)15(16)18-11-9-13-6-4-5-7-13/h6,14-15,18H,4-5,7-12H2,1-3H3/t14-,15?,17+/m0/s1. The van der Waals surface area contributed by atoms with Crippen LogP contribution in [0.3, 0.4) is 0 Å². The molecule has 0 saturated heterocycles. The molecule has 0 radical (unpaired) electrons. The van der Waals surface area contributed by atoms with Gasteiger partial charge in [-0.15, -0.1) is 0 Å². The van der Waals surface area contributed by atoms with Gasteiger partial charge in [-0.05, 0) is 68.2 Å². The van der Waals surface area contributed by atoms with Crippen molar-refractivity contribution in [1.29, 1.82) is 0 Å². The van der Waals surface area contributed by atoms with Crippen molar-refractivity contribution in [2.24, 2.45) is 16.7 Å². The van der Waals surface area contributed by atoms with Crippen LogP contribution in [0, 0.1) is 16.7 Å². The lowest BCUT2D eigenvalue weighted by molar-refractivity contribution is 0.110. The largest absolute Gasteiger partial charge is 0.313 e. The Morgan fingerprint density at radius 3 is 2.78 bits per heavy atom. The van der Waals surface area contributed by atoms with Crippen LogP contribution in [-0.4, -0.2) is 12.6 Å². The summed E-state index contributed by atoms with van der Waals surface area (Å²) in [6.45, 7) is 8.71. The van der Waals surface area contributed by atoms with Gasteiger partial charge < -0.3 is 5.32 Å². The Balaban J connectivity index is 1.58. The molecule has 3 aliphatic carbocycles. The van der Waals surface area contributed by atoms with Crippen molar-refractivity contribution in [3.8, 4) is 0 Å². The molecule has 3 rings (SSSR count). The van der Waals surface area contributed by atoms with Gasteiger partial charge in [0.25, 0.3) is 0 Å². The molecule has 0 aliphatic heterocycles. The third-order valence-electron chi connectivity index (χ3n) is 6.20. The molecule has 0 spiro atoms. The first-order chi connectivity index (χ1) is 8.52. The van der Waals surface area contributed by atoms with Crippen molar-refractivity contribution in [3.63, 3.8) is 0 Å². The Labute approximate surface area is 112 Å². The van der Waals surface area contributed by atoms with E-state index in [4.69, 9.17) is 0 Å². The van der Waals surface area contributed by atoms with Crippen molar-refractivity contribution >= 4 is 0 Å². The molecule has 1 unspecified atom stereocenters. The lowest BCUT2D eigenvalue weighted by Gasteiger charge is -2.43. The predicted octanol–water partition coefficient (Wildman–Crippen LogP) is 4.29. The van der Waals surface area contributed by atoms with E-state index in [2.05, 4.69) is 32.2 Å². The Bertz CT molecular complexity index is 350. The van der Waals surface area contributed by atoms with Gasteiger partial charge in [0.05, 0.1) is 0 Å². The third kappa shape index (κ3) is 1.95. The highest BCUT2D eigenvalue weighted by Crippen LogP contribution is 2.62. The highest BCUT2D eigenvalue weighted by molar-refractivity contribution is 5.13. The average molecular weight is 247 g/mol. The molecule has 0 amide bonds. The molecule has 2 fully saturated rings. The van der Waals surface area contributed by atoms with Crippen molar-refractivity contribution in [2.75, 3.05) is 6.54 Å². The zero-order chi connectivity index (χ0) is 12.8. The monoisotopic (exact) mass is 247 g/mol. The first kappa shape index (κ1) is 12.7. The molecule has 0 aromatic heterocycles. The minimum atomic E-state index is 0.511. The SMILES string of the molecule is CC1(C)C(NCCC2=CCCC2)[C@]2(C)CC[C@H]1C2. The summed E-state index contributed by atoms with van der Waals surface area (Å²) in [4.78, 5) is 0. The van der Waals surface area contributed by atoms with Crippen LogP contribution in [-0.2, 0) is 0 Å². The van der Waals surface area contributed by atoms with Gasteiger partial charge in [-0.1, -0.05) is 32.4 Å². The van der Waals surface area contributed by atoms with E-state index in [0.717, 1.165) is 12.0 Å². The first-order valence-electron chi connectivity index (χ1n) is 7.94. The fourth-order valence-corrected chi connectivity index (χ4v) is 5.15. The second-order valence-electron chi connectivity index (χ2n) is 7.81. The summed E-state index contributed by atoms with van der Waals surface area (Å²) in [5.74, 6) is 0.964. The van der Waals surface area contributed by atoms with Crippen molar-refractivity contribution in [3.05, 3.63) is 11.6 Å². The highest BCUT2D eigenvalue weighted by Gasteiger charge is 2.58. The summed E-state index contributed by atoms with van der Waals surface area (Å²) in [7, 11) is 0. The lowest BCUT2D eigenvalue weighted by atomic mass is 9.68. The lowest BCUT2D eigenvalue weighted by Crippen LogP contribution is -2.50. The van der Waals surface area contributed by atoms with Crippen LogP contribution in [0.25, 0.3) is 0 Å². The molecule has 2 saturated carbocycles.